The summed E-state index contributed by atoms with van der Waals surface area (Å²) in [4.78, 5) is 27.1. The first kappa shape index (κ1) is 13.6. The van der Waals surface area contributed by atoms with Crippen LogP contribution in [-0.4, -0.2) is 32.3 Å². The summed E-state index contributed by atoms with van der Waals surface area (Å²) in [7, 11) is 2.82. The lowest BCUT2D eigenvalue weighted by Crippen LogP contribution is -2.20. The first-order valence-corrected chi connectivity index (χ1v) is 5.69. The second kappa shape index (κ2) is 5.46. The van der Waals surface area contributed by atoms with E-state index in [-0.39, 0.29) is 34.8 Å². The SMILES string of the molecule is COc1ccc(OC)c2c1C(=O)C=C(CN=[N+]=[N-])C2=O. The highest BCUT2D eigenvalue weighted by atomic mass is 16.5. The average Bonchev–Trinajstić information content (AvgIpc) is 2.47. The van der Waals surface area contributed by atoms with Gasteiger partial charge in [0.25, 0.3) is 0 Å². The third-order valence-corrected chi connectivity index (χ3v) is 2.94. The zero-order valence-electron chi connectivity index (χ0n) is 10.9. The molecule has 0 aliphatic heterocycles. The maximum absolute atomic E-state index is 12.4. The monoisotopic (exact) mass is 273 g/mol. The highest BCUT2D eigenvalue weighted by molar-refractivity contribution is 6.26. The Kier molecular flexibility index (Phi) is 3.72. The van der Waals surface area contributed by atoms with E-state index in [1.165, 1.54) is 20.3 Å². The van der Waals surface area contributed by atoms with Crippen molar-refractivity contribution < 1.29 is 19.1 Å². The third kappa shape index (κ3) is 2.10. The van der Waals surface area contributed by atoms with Gasteiger partial charge in [0, 0.05) is 10.5 Å². The van der Waals surface area contributed by atoms with Crippen molar-refractivity contribution in [3.63, 3.8) is 0 Å². The summed E-state index contributed by atoms with van der Waals surface area (Å²) in [6.45, 7) is -0.180. The van der Waals surface area contributed by atoms with E-state index in [0.29, 0.717) is 5.75 Å². The molecule has 2 rings (SSSR count). The Morgan fingerprint density at radius 1 is 1.15 bits per heavy atom. The van der Waals surface area contributed by atoms with Gasteiger partial charge in [0.1, 0.15) is 11.5 Å². The van der Waals surface area contributed by atoms with E-state index >= 15 is 0 Å². The molecule has 1 aliphatic rings. The number of carbonyl (C=O) groups is 2. The van der Waals surface area contributed by atoms with Gasteiger partial charge < -0.3 is 9.47 Å². The van der Waals surface area contributed by atoms with Gasteiger partial charge >= 0.3 is 0 Å². The van der Waals surface area contributed by atoms with Crippen molar-refractivity contribution in [1.82, 2.24) is 0 Å². The van der Waals surface area contributed by atoms with E-state index in [2.05, 4.69) is 10.0 Å². The van der Waals surface area contributed by atoms with Crippen molar-refractivity contribution >= 4 is 11.6 Å². The van der Waals surface area contributed by atoms with Crippen molar-refractivity contribution in [3.05, 3.63) is 45.4 Å². The number of fused-ring (bicyclic) bond motifs is 1. The van der Waals surface area contributed by atoms with Crippen LogP contribution < -0.4 is 9.47 Å². The lowest BCUT2D eigenvalue weighted by molar-refractivity contribution is 0.0978. The van der Waals surface area contributed by atoms with Crippen LogP contribution in [0.5, 0.6) is 11.5 Å². The molecule has 1 aromatic rings. The normalized spacial score (nSPS) is 13.2. The molecule has 0 heterocycles. The Morgan fingerprint density at radius 3 is 2.30 bits per heavy atom. The Bertz CT molecular complexity index is 672. The van der Waals surface area contributed by atoms with Crippen LogP contribution in [0.4, 0.5) is 0 Å². The fourth-order valence-electron chi connectivity index (χ4n) is 2.06. The molecule has 7 nitrogen and oxygen atoms in total. The van der Waals surface area contributed by atoms with Gasteiger partial charge in [-0.25, -0.2) is 0 Å². The van der Waals surface area contributed by atoms with Crippen molar-refractivity contribution in [2.45, 2.75) is 0 Å². The highest BCUT2D eigenvalue weighted by Crippen LogP contribution is 2.35. The predicted octanol–water partition coefficient (Wildman–Crippen LogP) is 2.32. The summed E-state index contributed by atoms with van der Waals surface area (Å²) in [6.07, 6.45) is 1.17. The molecule has 20 heavy (non-hydrogen) atoms. The molecule has 7 heteroatoms. The molecule has 0 saturated carbocycles. The molecule has 0 aromatic heterocycles. The molecule has 102 valence electrons. The molecule has 1 aromatic carbocycles. The van der Waals surface area contributed by atoms with Crippen molar-refractivity contribution in [1.29, 1.82) is 0 Å². The van der Waals surface area contributed by atoms with Gasteiger partial charge in [0.05, 0.1) is 31.9 Å². The highest BCUT2D eigenvalue weighted by Gasteiger charge is 2.31. The third-order valence-electron chi connectivity index (χ3n) is 2.94. The summed E-state index contributed by atoms with van der Waals surface area (Å²) in [5, 5.41) is 3.32. The number of rotatable bonds is 4. The van der Waals surface area contributed by atoms with E-state index in [0.717, 1.165) is 0 Å². The van der Waals surface area contributed by atoms with Crippen molar-refractivity contribution in [2.75, 3.05) is 20.8 Å². The largest absolute Gasteiger partial charge is 0.496 e. The first-order chi connectivity index (χ1) is 9.63. The fraction of sp³-hybridized carbons (Fsp3) is 0.231. The summed E-state index contributed by atoms with van der Waals surface area (Å²) in [5.74, 6) is -0.190. The van der Waals surface area contributed by atoms with Gasteiger partial charge in [-0.3, -0.25) is 9.59 Å². The number of benzene rings is 1. The summed E-state index contributed by atoms with van der Waals surface area (Å²) in [5.41, 5.74) is 8.76. The molecule has 0 N–H and O–H groups in total. The standard InChI is InChI=1S/C13H11N3O4/c1-19-9-3-4-10(20-2)12-11(9)8(17)5-7(13(12)18)6-15-16-14/h3-5H,6H2,1-2H3. The zero-order chi connectivity index (χ0) is 14.7. The van der Waals surface area contributed by atoms with Crippen LogP contribution in [0.3, 0.4) is 0 Å². The second-order valence-electron chi connectivity index (χ2n) is 3.97. The van der Waals surface area contributed by atoms with Gasteiger partial charge in [0.15, 0.2) is 11.6 Å². The molecule has 1 aliphatic carbocycles. The number of allylic oxidation sites excluding steroid dienone is 1. The number of Topliss-reactive ketones (excluding diaryl/α,β-unsaturated/α-hetero) is 1. The summed E-state index contributed by atoms with van der Waals surface area (Å²) < 4.78 is 10.2. The Morgan fingerprint density at radius 2 is 1.75 bits per heavy atom. The first-order valence-electron chi connectivity index (χ1n) is 5.69. The maximum atomic E-state index is 12.4. The number of methoxy groups -OCH3 is 2. The predicted molar refractivity (Wildman–Crippen MR) is 70.3 cm³/mol. The Labute approximate surface area is 114 Å². The van der Waals surface area contributed by atoms with Gasteiger partial charge in [-0.1, -0.05) is 5.11 Å². The Hall–Kier alpha value is -2.79. The number of azide groups is 1. The summed E-state index contributed by atoms with van der Waals surface area (Å²) >= 11 is 0. The smallest absolute Gasteiger partial charge is 0.193 e. The van der Waals surface area contributed by atoms with Crippen molar-refractivity contribution in [3.8, 4) is 11.5 Å². The topological polar surface area (TPSA) is 101 Å². The number of hydrogen-bond acceptors (Lipinski definition) is 5. The average molecular weight is 273 g/mol. The van der Waals surface area contributed by atoms with Crippen LogP contribution in [0.15, 0.2) is 28.9 Å². The van der Waals surface area contributed by atoms with E-state index < -0.39 is 5.78 Å². The fourth-order valence-corrected chi connectivity index (χ4v) is 2.06. The zero-order valence-corrected chi connectivity index (χ0v) is 10.9. The molecule has 0 atom stereocenters. The van der Waals surface area contributed by atoms with Crippen LogP contribution >= 0.6 is 0 Å². The van der Waals surface area contributed by atoms with E-state index in [1.807, 2.05) is 0 Å². The van der Waals surface area contributed by atoms with Crippen LogP contribution in [0.2, 0.25) is 0 Å². The van der Waals surface area contributed by atoms with Crippen LogP contribution in [0.25, 0.3) is 10.4 Å². The van der Waals surface area contributed by atoms with Gasteiger partial charge in [-0.15, -0.1) is 0 Å². The lowest BCUT2D eigenvalue weighted by Gasteiger charge is -2.19. The van der Waals surface area contributed by atoms with Crippen molar-refractivity contribution in [2.24, 2.45) is 5.11 Å². The molecular formula is C13H11N3O4. The molecule has 0 spiro atoms. The van der Waals surface area contributed by atoms with Crippen LogP contribution in [0, 0.1) is 0 Å². The molecular weight excluding hydrogens is 262 g/mol. The number of carbonyl (C=O) groups excluding carboxylic acids is 2. The van der Waals surface area contributed by atoms with Gasteiger partial charge in [-0.05, 0) is 23.7 Å². The summed E-state index contributed by atoms with van der Waals surface area (Å²) in [6, 6.07) is 3.12. The lowest BCUT2D eigenvalue weighted by atomic mass is 9.88. The van der Waals surface area contributed by atoms with E-state index in [1.54, 1.807) is 12.1 Å². The number of ether oxygens (including phenoxy) is 2. The molecule has 0 saturated heterocycles. The minimum atomic E-state index is -0.400. The molecule has 0 unspecified atom stereocenters. The second-order valence-corrected chi connectivity index (χ2v) is 3.97. The van der Waals surface area contributed by atoms with E-state index in [9.17, 15) is 9.59 Å². The molecule has 0 bridgehead atoms. The van der Waals surface area contributed by atoms with Crippen LogP contribution in [0.1, 0.15) is 20.7 Å². The molecule has 0 fully saturated rings. The number of hydrogen-bond donors (Lipinski definition) is 0. The minimum absolute atomic E-state index is 0.131. The Balaban J connectivity index is 2.64. The molecule has 0 amide bonds. The molecule has 0 radical (unpaired) electrons. The number of nitrogens with zero attached hydrogens (tertiary/aromatic N) is 3. The van der Waals surface area contributed by atoms with Gasteiger partial charge in [-0.2, -0.15) is 0 Å². The van der Waals surface area contributed by atoms with Crippen LogP contribution in [-0.2, 0) is 0 Å². The minimum Gasteiger partial charge on any atom is -0.496 e. The van der Waals surface area contributed by atoms with E-state index in [4.69, 9.17) is 15.0 Å². The quantitative estimate of drug-likeness (QED) is 0.477. The maximum Gasteiger partial charge on any atom is 0.193 e. The van der Waals surface area contributed by atoms with Gasteiger partial charge in [0.2, 0.25) is 0 Å². The number of ketones is 2.